The van der Waals surface area contributed by atoms with Gasteiger partial charge in [-0.3, -0.25) is 9.25 Å². The van der Waals surface area contributed by atoms with Gasteiger partial charge in [0.15, 0.2) is 0 Å². The van der Waals surface area contributed by atoms with Crippen molar-refractivity contribution >= 4 is 5.69 Å². The van der Waals surface area contributed by atoms with Crippen molar-refractivity contribution in [2.45, 2.75) is 13.5 Å². The lowest BCUT2D eigenvalue weighted by Crippen LogP contribution is -2.06. The molecule has 0 saturated carbocycles. The minimum absolute atomic E-state index is 0.724. The third-order valence-corrected chi connectivity index (χ3v) is 3.22. The van der Waals surface area contributed by atoms with Crippen LogP contribution in [0, 0.1) is 6.92 Å². The topological polar surface area (TPSA) is 60.6 Å². The molecule has 0 aliphatic heterocycles. The molecule has 0 amide bonds. The molecule has 0 unspecified atom stereocenters. The molecule has 3 aromatic heterocycles. The van der Waals surface area contributed by atoms with Crippen molar-refractivity contribution in [2.75, 3.05) is 5.32 Å². The summed E-state index contributed by atoms with van der Waals surface area (Å²) in [5.41, 5.74) is 2.10. The van der Waals surface area contributed by atoms with Crippen molar-refractivity contribution < 1.29 is 0 Å². The molecule has 0 bridgehead atoms. The Morgan fingerprint density at radius 1 is 1.15 bits per heavy atom. The largest absolute Gasteiger partial charge is 0.378 e. The third-order valence-electron chi connectivity index (χ3n) is 3.22. The monoisotopic (exact) mass is 268 g/mol. The number of pyridine rings is 1. The van der Waals surface area contributed by atoms with Crippen molar-refractivity contribution in [1.82, 2.24) is 24.3 Å². The van der Waals surface area contributed by atoms with Crippen LogP contribution < -0.4 is 5.32 Å². The fraction of sp³-hybridized carbons (Fsp3) is 0.214. The van der Waals surface area contributed by atoms with E-state index in [9.17, 15) is 0 Å². The van der Waals surface area contributed by atoms with Crippen LogP contribution in [-0.4, -0.2) is 24.3 Å². The first-order valence-electron chi connectivity index (χ1n) is 6.41. The van der Waals surface area contributed by atoms with Gasteiger partial charge in [-0.25, -0.2) is 9.97 Å². The number of nitrogens with one attached hydrogen (secondary N) is 1. The fourth-order valence-electron chi connectivity index (χ4n) is 2.02. The van der Waals surface area contributed by atoms with Crippen molar-refractivity contribution in [2.24, 2.45) is 7.05 Å². The van der Waals surface area contributed by atoms with Gasteiger partial charge < -0.3 is 5.32 Å². The van der Waals surface area contributed by atoms with E-state index in [2.05, 4.69) is 20.4 Å². The van der Waals surface area contributed by atoms with Crippen LogP contribution in [0.3, 0.4) is 0 Å². The standard InChI is InChI=1S/C14H16N6/c1-11-15-7-8-20(11)14-4-3-12(9-17-14)16-10-13-5-6-18-19(13)2/h3-9,16H,10H2,1-2H3. The molecule has 0 aromatic carbocycles. The average Bonchev–Trinajstić information content (AvgIpc) is 3.06. The SMILES string of the molecule is Cc1nccn1-c1ccc(NCc2ccnn2C)cn1. The molecule has 1 N–H and O–H groups in total. The third kappa shape index (κ3) is 2.40. The second kappa shape index (κ2) is 5.16. The summed E-state index contributed by atoms with van der Waals surface area (Å²) in [7, 11) is 1.93. The summed E-state index contributed by atoms with van der Waals surface area (Å²) in [6.45, 7) is 2.68. The lowest BCUT2D eigenvalue weighted by molar-refractivity contribution is 0.720. The molecule has 3 rings (SSSR count). The van der Waals surface area contributed by atoms with Gasteiger partial charge in [0, 0.05) is 25.6 Å². The quantitative estimate of drug-likeness (QED) is 0.785. The number of hydrogen-bond acceptors (Lipinski definition) is 4. The van der Waals surface area contributed by atoms with Crippen LogP contribution in [0.25, 0.3) is 5.82 Å². The summed E-state index contributed by atoms with van der Waals surface area (Å²) in [4.78, 5) is 8.64. The van der Waals surface area contributed by atoms with Crippen LogP contribution in [-0.2, 0) is 13.6 Å². The maximum Gasteiger partial charge on any atom is 0.138 e. The molecule has 0 atom stereocenters. The Balaban J connectivity index is 1.71. The number of anilines is 1. The summed E-state index contributed by atoms with van der Waals surface area (Å²) < 4.78 is 3.80. The Morgan fingerprint density at radius 3 is 2.65 bits per heavy atom. The zero-order chi connectivity index (χ0) is 13.9. The van der Waals surface area contributed by atoms with Crippen molar-refractivity contribution in [3.8, 4) is 5.82 Å². The maximum atomic E-state index is 4.44. The average molecular weight is 268 g/mol. The van der Waals surface area contributed by atoms with Gasteiger partial charge in [0.05, 0.1) is 24.1 Å². The van der Waals surface area contributed by atoms with E-state index in [4.69, 9.17) is 0 Å². The van der Waals surface area contributed by atoms with Gasteiger partial charge in [-0.15, -0.1) is 0 Å². The van der Waals surface area contributed by atoms with E-state index < -0.39 is 0 Å². The van der Waals surface area contributed by atoms with E-state index in [1.807, 2.05) is 53.8 Å². The molecule has 3 heterocycles. The molecule has 3 aromatic rings. The second-order valence-electron chi connectivity index (χ2n) is 4.55. The maximum absolute atomic E-state index is 4.44. The first kappa shape index (κ1) is 12.4. The first-order valence-corrected chi connectivity index (χ1v) is 6.41. The molecule has 0 saturated heterocycles. The summed E-state index contributed by atoms with van der Waals surface area (Å²) in [5.74, 6) is 1.79. The second-order valence-corrected chi connectivity index (χ2v) is 4.55. The van der Waals surface area contributed by atoms with Crippen LogP contribution in [0.2, 0.25) is 0 Å². The summed E-state index contributed by atoms with van der Waals surface area (Å²) in [6.07, 6.45) is 7.29. The Bertz CT molecular complexity index is 695. The van der Waals surface area contributed by atoms with E-state index >= 15 is 0 Å². The Kier molecular flexibility index (Phi) is 3.20. The van der Waals surface area contributed by atoms with E-state index in [1.165, 1.54) is 0 Å². The lowest BCUT2D eigenvalue weighted by atomic mass is 10.3. The minimum atomic E-state index is 0.724. The molecule has 0 aliphatic rings. The van der Waals surface area contributed by atoms with Gasteiger partial charge in [0.2, 0.25) is 0 Å². The van der Waals surface area contributed by atoms with Gasteiger partial charge in [0.1, 0.15) is 11.6 Å². The van der Waals surface area contributed by atoms with Crippen molar-refractivity contribution in [3.63, 3.8) is 0 Å². The highest BCUT2D eigenvalue weighted by Gasteiger charge is 2.02. The molecular weight excluding hydrogens is 252 g/mol. The van der Waals surface area contributed by atoms with Gasteiger partial charge in [0.25, 0.3) is 0 Å². The number of rotatable bonds is 4. The van der Waals surface area contributed by atoms with E-state index in [0.29, 0.717) is 0 Å². The fourth-order valence-corrected chi connectivity index (χ4v) is 2.02. The predicted molar refractivity (Wildman–Crippen MR) is 76.6 cm³/mol. The molecule has 102 valence electrons. The highest BCUT2D eigenvalue weighted by atomic mass is 15.3. The predicted octanol–water partition coefficient (Wildman–Crippen LogP) is 1.92. The number of nitrogens with zero attached hydrogens (tertiary/aromatic N) is 5. The molecule has 0 spiro atoms. The molecule has 0 fully saturated rings. The summed E-state index contributed by atoms with van der Waals surface area (Å²) in [6, 6.07) is 5.97. The van der Waals surface area contributed by atoms with Crippen molar-refractivity contribution in [1.29, 1.82) is 0 Å². The molecule has 0 radical (unpaired) electrons. The lowest BCUT2D eigenvalue weighted by Gasteiger charge is -2.08. The highest BCUT2D eigenvalue weighted by Crippen LogP contribution is 2.12. The smallest absolute Gasteiger partial charge is 0.138 e. The number of aryl methyl sites for hydroxylation is 2. The number of hydrogen-bond donors (Lipinski definition) is 1. The number of imidazole rings is 1. The molecular formula is C14H16N6. The van der Waals surface area contributed by atoms with Crippen LogP contribution in [0.4, 0.5) is 5.69 Å². The Morgan fingerprint density at radius 2 is 2.05 bits per heavy atom. The molecule has 0 aliphatic carbocycles. The summed E-state index contributed by atoms with van der Waals surface area (Å²) >= 11 is 0. The molecule has 6 heteroatoms. The van der Waals surface area contributed by atoms with Crippen LogP contribution in [0.1, 0.15) is 11.5 Å². The van der Waals surface area contributed by atoms with E-state index in [1.54, 1.807) is 12.4 Å². The Labute approximate surface area is 117 Å². The van der Waals surface area contributed by atoms with Gasteiger partial charge >= 0.3 is 0 Å². The van der Waals surface area contributed by atoms with Crippen molar-refractivity contribution in [3.05, 3.63) is 54.5 Å². The minimum Gasteiger partial charge on any atom is -0.378 e. The van der Waals surface area contributed by atoms with Gasteiger partial charge in [-0.05, 0) is 25.1 Å². The molecule has 6 nitrogen and oxygen atoms in total. The zero-order valence-corrected chi connectivity index (χ0v) is 11.5. The van der Waals surface area contributed by atoms with Gasteiger partial charge in [-0.1, -0.05) is 0 Å². The first-order chi connectivity index (χ1) is 9.74. The summed E-state index contributed by atoms with van der Waals surface area (Å²) in [5, 5.41) is 7.46. The van der Waals surface area contributed by atoms with E-state index in [-0.39, 0.29) is 0 Å². The van der Waals surface area contributed by atoms with E-state index in [0.717, 1.165) is 29.6 Å². The van der Waals surface area contributed by atoms with Crippen LogP contribution in [0.5, 0.6) is 0 Å². The molecule has 20 heavy (non-hydrogen) atoms. The Hall–Kier alpha value is -2.63. The normalized spacial score (nSPS) is 10.7. The van der Waals surface area contributed by atoms with Gasteiger partial charge in [-0.2, -0.15) is 5.10 Å². The van der Waals surface area contributed by atoms with Crippen LogP contribution in [0.15, 0.2) is 43.0 Å². The zero-order valence-electron chi connectivity index (χ0n) is 11.5. The number of aromatic nitrogens is 5. The highest BCUT2D eigenvalue weighted by molar-refractivity contribution is 5.44. The van der Waals surface area contributed by atoms with Crippen LogP contribution >= 0.6 is 0 Å².